The predicted molar refractivity (Wildman–Crippen MR) is 56.1 cm³/mol. The molecule has 0 bridgehead atoms. The van der Waals surface area contributed by atoms with Gasteiger partial charge in [-0.1, -0.05) is 11.6 Å². The lowest BCUT2D eigenvalue weighted by Gasteiger charge is -2.03. The van der Waals surface area contributed by atoms with Crippen molar-refractivity contribution in [1.82, 2.24) is 9.97 Å². The molecule has 0 amide bonds. The molecule has 2 heterocycles. The van der Waals surface area contributed by atoms with Crippen LogP contribution in [0.2, 0.25) is 5.15 Å². The summed E-state index contributed by atoms with van der Waals surface area (Å²) in [6.07, 6.45) is 2.94. The highest BCUT2D eigenvalue weighted by molar-refractivity contribution is 6.31. The van der Waals surface area contributed by atoms with Gasteiger partial charge in [-0.15, -0.1) is 0 Å². The number of carbonyl (C=O) groups is 1. The molecule has 0 saturated heterocycles. The molecule has 0 radical (unpaired) electrons. The molecule has 0 aliphatic carbocycles. The summed E-state index contributed by atoms with van der Waals surface area (Å²) in [5, 5.41) is 0.0888. The summed E-state index contributed by atoms with van der Waals surface area (Å²) in [4.78, 5) is 18.7. The van der Waals surface area contributed by atoms with Crippen molar-refractivity contribution in [3.05, 3.63) is 29.7 Å². The van der Waals surface area contributed by atoms with Gasteiger partial charge in [0, 0.05) is 6.92 Å². The van der Waals surface area contributed by atoms with Gasteiger partial charge in [0.2, 0.25) is 5.89 Å². The smallest absolute Gasteiger partial charge is 0.308 e. The average Bonchev–Trinajstić information content (AvgIpc) is 2.73. The second-order valence-corrected chi connectivity index (χ2v) is 3.27. The largest absolute Gasteiger partial charge is 0.443 e. The highest BCUT2D eigenvalue weighted by atomic mass is 35.5. The molecular formula is C10H7ClN2O3. The topological polar surface area (TPSA) is 65.2 Å². The van der Waals surface area contributed by atoms with Crippen molar-refractivity contribution in [2.45, 2.75) is 6.92 Å². The van der Waals surface area contributed by atoms with Crippen LogP contribution in [-0.2, 0) is 4.79 Å². The quantitative estimate of drug-likeness (QED) is 0.593. The van der Waals surface area contributed by atoms with Crippen LogP contribution in [0.15, 0.2) is 29.0 Å². The third-order valence-electron chi connectivity index (χ3n) is 1.72. The molecule has 0 saturated carbocycles. The number of nitrogens with zero attached hydrogens (tertiary/aromatic N) is 2. The van der Waals surface area contributed by atoms with E-state index in [4.69, 9.17) is 20.8 Å². The van der Waals surface area contributed by atoms with E-state index in [1.54, 1.807) is 6.07 Å². The third kappa shape index (κ3) is 2.20. The average molecular weight is 239 g/mol. The lowest BCUT2D eigenvalue weighted by atomic mass is 10.3. The number of rotatable bonds is 2. The van der Waals surface area contributed by atoms with Crippen LogP contribution in [0.5, 0.6) is 5.75 Å². The molecular weight excluding hydrogens is 232 g/mol. The zero-order valence-corrected chi connectivity index (χ0v) is 9.06. The monoisotopic (exact) mass is 238 g/mol. The van der Waals surface area contributed by atoms with Crippen molar-refractivity contribution in [2.75, 3.05) is 0 Å². The van der Waals surface area contributed by atoms with Crippen LogP contribution in [0, 0.1) is 0 Å². The van der Waals surface area contributed by atoms with E-state index in [2.05, 4.69) is 9.97 Å². The van der Waals surface area contributed by atoms with Crippen molar-refractivity contribution in [3.63, 3.8) is 0 Å². The van der Waals surface area contributed by atoms with Crippen LogP contribution in [-0.4, -0.2) is 15.9 Å². The normalized spacial score (nSPS) is 10.1. The highest BCUT2D eigenvalue weighted by Gasteiger charge is 2.10. The summed E-state index contributed by atoms with van der Waals surface area (Å²) in [5.74, 6) is 0.119. The van der Waals surface area contributed by atoms with Crippen LogP contribution < -0.4 is 4.74 Å². The predicted octanol–water partition coefficient (Wildman–Crippen LogP) is 2.32. The van der Waals surface area contributed by atoms with Gasteiger partial charge in [0.1, 0.15) is 12.0 Å². The molecule has 0 aliphatic heterocycles. The maximum Gasteiger partial charge on any atom is 0.308 e. The minimum Gasteiger partial charge on any atom is -0.443 e. The van der Waals surface area contributed by atoms with E-state index in [-0.39, 0.29) is 10.9 Å². The first-order valence-electron chi connectivity index (χ1n) is 4.41. The van der Waals surface area contributed by atoms with Crippen LogP contribution in [0.4, 0.5) is 0 Å². The summed E-state index contributed by atoms with van der Waals surface area (Å²) in [7, 11) is 0. The van der Waals surface area contributed by atoms with E-state index in [9.17, 15) is 4.79 Å². The van der Waals surface area contributed by atoms with Crippen molar-refractivity contribution in [3.8, 4) is 17.3 Å². The molecule has 0 aromatic carbocycles. The molecule has 0 N–H and O–H groups in total. The number of pyridine rings is 1. The van der Waals surface area contributed by atoms with E-state index in [0.717, 1.165) is 0 Å². The Labute approximate surface area is 96.0 Å². The molecule has 2 rings (SSSR count). The standard InChI is InChI=1S/C10H7ClN2O3/c1-6(14)16-8-3-2-7(13-9(8)11)10-12-4-5-15-10/h2-5H,1H3. The van der Waals surface area contributed by atoms with Gasteiger partial charge in [-0.25, -0.2) is 9.97 Å². The zero-order valence-electron chi connectivity index (χ0n) is 8.31. The number of aromatic nitrogens is 2. The molecule has 2 aromatic heterocycles. The second kappa shape index (κ2) is 4.32. The van der Waals surface area contributed by atoms with E-state index in [1.165, 1.54) is 25.5 Å². The van der Waals surface area contributed by atoms with Crippen LogP contribution in [0.25, 0.3) is 11.6 Å². The van der Waals surface area contributed by atoms with Crippen LogP contribution in [0.3, 0.4) is 0 Å². The molecule has 0 unspecified atom stereocenters. The minimum absolute atomic E-state index is 0.0888. The van der Waals surface area contributed by atoms with Crippen molar-refractivity contribution in [2.24, 2.45) is 0 Å². The summed E-state index contributed by atoms with van der Waals surface area (Å²) < 4.78 is 9.89. The van der Waals surface area contributed by atoms with Gasteiger partial charge in [-0.2, -0.15) is 0 Å². The Kier molecular flexibility index (Phi) is 2.87. The number of ether oxygens (including phenoxy) is 1. The third-order valence-corrected chi connectivity index (χ3v) is 1.99. The number of hydrogen-bond acceptors (Lipinski definition) is 5. The number of halogens is 1. The Bertz CT molecular complexity index is 511. The summed E-state index contributed by atoms with van der Waals surface area (Å²) in [5.41, 5.74) is 0.478. The fourth-order valence-corrected chi connectivity index (χ4v) is 1.31. The number of carbonyl (C=O) groups excluding carboxylic acids is 1. The van der Waals surface area contributed by atoms with E-state index in [1.807, 2.05) is 0 Å². The van der Waals surface area contributed by atoms with Crippen LogP contribution >= 0.6 is 11.6 Å². The molecule has 6 heteroatoms. The molecule has 5 nitrogen and oxygen atoms in total. The van der Waals surface area contributed by atoms with Gasteiger partial charge < -0.3 is 9.15 Å². The first-order valence-corrected chi connectivity index (χ1v) is 4.79. The number of oxazole rings is 1. The SMILES string of the molecule is CC(=O)Oc1ccc(-c2ncco2)nc1Cl. The van der Waals surface area contributed by atoms with Crippen molar-refractivity contribution in [1.29, 1.82) is 0 Å². The lowest BCUT2D eigenvalue weighted by Crippen LogP contribution is -2.02. The first kappa shape index (κ1) is 10.6. The zero-order chi connectivity index (χ0) is 11.5. The Morgan fingerprint density at radius 2 is 2.31 bits per heavy atom. The van der Waals surface area contributed by atoms with Gasteiger partial charge in [0.25, 0.3) is 0 Å². The molecule has 2 aromatic rings. The van der Waals surface area contributed by atoms with E-state index in [0.29, 0.717) is 11.6 Å². The Balaban J connectivity index is 2.33. The van der Waals surface area contributed by atoms with Crippen LogP contribution in [0.1, 0.15) is 6.92 Å². The maximum atomic E-state index is 10.7. The van der Waals surface area contributed by atoms with Gasteiger partial charge in [0.05, 0.1) is 6.20 Å². The Morgan fingerprint density at radius 3 is 2.88 bits per heavy atom. The summed E-state index contributed by atoms with van der Waals surface area (Å²) >= 11 is 5.83. The fraction of sp³-hybridized carbons (Fsp3) is 0.100. The van der Waals surface area contributed by atoms with Gasteiger partial charge in [-0.3, -0.25) is 4.79 Å². The Morgan fingerprint density at radius 1 is 1.50 bits per heavy atom. The number of hydrogen-bond donors (Lipinski definition) is 0. The molecule has 16 heavy (non-hydrogen) atoms. The summed E-state index contributed by atoms with van der Waals surface area (Å²) in [6, 6.07) is 3.15. The van der Waals surface area contributed by atoms with E-state index < -0.39 is 5.97 Å². The van der Waals surface area contributed by atoms with Crippen molar-refractivity contribution < 1.29 is 13.9 Å². The fourth-order valence-electron chi connectivity index (χ4n) is 1.12. The number of esters is 1. The lowest BCUT2D eigenvalue weighted by molar-refractivity contribution is -0.131. The second-order valence-electron chi connectivity index (χ2n) is 2.92. The molecule has 0 fully saturated rings. The van der Waals surface area contributed by atoms with Gasteiger partial charge in [0.15, 0.2) is 10.9 Å². The van der Waals surface area contributed by atoms with E-state index >= 15 is 0 Å². The maximum absolute atomic E-state index is 10.7. The first-order chi connectivity index (χ1) is 7.66. The van der Waals surface area contributed by atoms with Gasteiger partial charge >= 0.3 is 5.97 Å². The highest BCUT2D eigenvalue weighted by Crippen LogP contribution is 2.26. The summed E-state index contributed by atoms with van der Waals surface area (Å²) in [6.45, 7) is 1.29. The van der Waals surface area contributed by atoms with Crippen molar-refractivity contribution >= 4 is 17.6 Å². The Hall–Kier alpha value is -1.88. The van der Waals surface area contributed by atoms with Gasteiger partial charge in [-0.05, 0) is 12.1 Å². The molecule has 0 atom stereocenters. The molecule has 0 spiro atoms. The minimum atomic E-state index is -0.451. The molecule has 0 aliphatic rings. The molecule has 82 valence electrons.